The van der Waals surface area contributed by atoms with Crippen LogP contribution in [-0.4, -0.2) is 28.4 Å². The fourth-order valence-corrected chi connectivity index (χ4v) is 2.83. The maximum absolute atomic E-state index is 13.2. The van der Waals surface area contributed by atoms with Crippen LogP contribution in [0.5, 0.6) is 0 Å². The van der Waals surface area contributed by atoms with Gasteiger partial charge in [-0.2, -0.15) is 5.10 Å². The van der Waals surface area contributed by atoms with Gasteiger partial charge in [0.2, 0.25) is 5.91 Å². The van der Waals surface area contributed by atoms with E-state index in [-0.39, 0.29) is 23.9 Å². The van der Waals surface area contributed by atoms with Gasteiger partial charge in [-0.05, 0) is 43.5 Å². The van der Waals surface area contributed by atoms with E-state index < -0.39 is 6.04 Å². The molecule has 3 rings (SSSR count). The molecule has 3 atom stereocenters. The number of nitrogens with zero attached hydrogens (tertiary/aromatic N) is 2. The monoisotopic (exact) mass is 317 g/mol. The lowest BCUT2D eigenvalue weighted by Gasteiger charge is -2.26. The Balaban J connectivity index is 1.78. The SMILES string of the molecule is C[C@H](C(=O)N[C@@H](c1ccc(F)cc1)[C@H]1CCCO1)n1cccn1. The fourth-order valence-electron chi connectivity index (χ4n) is 2.83. The van der Waals surface area contributed by atoms with Crippen molar-refractivity contribution >= 4 is 5.91 Å². The van der Waals surface area contributed by atoms with Gasteiger partial charge in [-0.15, -0.1) is 0 Å². The van der Waals surface area contributed by atoms with Crippen molar-refractivity contribution in [3.8, 4) is 0 Å². The third-order valence-corrected chi connectivity index (χ3v) is 4.16. The number of carbonyl (C=O) groups excluding carboxylic acids is 1. The Morgan fingerprint density at radius 1 is 1.43 bits per heavy atom. The molecule has 122 valence electrons. The maximum atomic E-state index is 13.2. The van der Waals surface area contributed by atoms with Crippen LogP contribution in [0, 0.1) is 5.82 Å². The second-order valence-electron chi connectivity index (χ2n) is 5.75. The number of amides is 1. The standard InChI is InChI=1S/C17H20FN3O2/c1-12(21-10-3-9-19-21)17(22)20-16(15-4-2-11-23-15)13-5-7-14(18)8-6-13/h3,5-10,12,15-16H,2,4,11H2,1H3,(H,20,22)/t12-,15-,16+/m1/s1. The summed E-state index contributed by atoms with van der Waals surface area (Å²) in [5.74, 6) is -0.436. The average Bonchev–Trinajstić information content (AvgIpc) is 3.26. The number of halogens is 1. The molecule has 0 saturated carbocycles. The second kappa shape index (κ2) is 6.91. The number of nitrogens with one attached hydrogen (secondary N) is 1. The lowest BCUT2D eigenvalue weighted by atomic mass is 9.99. The summed E-state index contributed by atoms with van der Waals surface area (Å²) in [6.45, 7) is 2.48. The molecule has 1 aliphatic rings. The van der Waals surface area contributed by atoms with Gasteiger partial charge < -0.3 is 10.1 Å². The van der Waals surface area contributed by atoms with Crippen molar-refractivity contribution in [1.82, 2.24) is 15.1 Å². The topological polar surface area (TPSA) is 56.1 Å². The van der Waals surface area contributed by atoms with Crippen molar-refractivity contribution in [2.45, 2.75) is 38.0 Å². The number of ether oxygens (including phenoxy) is 1. The summed E-state index contributed by atoms with van der Waals surface area (Å²) in [5.41, 5.74) is 0.847. The normalized spacial score (nSPS) is 20.2. The molecule has 2 aromatic rings. The predicted octanol–water partition coefficient (Wildman–Crippen LogP) is 2.62. The molecule has 2 heterocycles. The van der Waals surface area contributed by atoms with Crippen LogP contribution < -0.4 is 5.32 Å². The van der Waals surface area contributed by atoms with Gasteiger partial charge >= 0.3 is 0 Å². The summed E-state index contributed by atoms with van der Waals surface area (Å²) in [6, 6.07) is 7.27. The van der Waals surface area contributed by atoms with Gasteiger partial charge in [0.15, 0.2) is 0 Å². The third kappa shape index (κ3) is 3.59. The number of aromatic nitrogens is 2. The van der Waals surface area contributed by atoms with Gasteiger partial charge in [0.05, 0.1) is 12.1 Å². The van der Waals surface area contributed by atoms with E-state index in [4.69, 9.17) is 4.74 Å². The second-order valence-corrected chi connectivity index (χ2v) is 5.75. The van der Waals surface area contributed by atoms with E-state index in [0.717, 1.165) is 18.4 Å². The van der Waals surface area contributed by atoms with Crippen molar-refractivity contribution in [2.24, 2.45) is 0 Å². The van der Waals surface area contributed by atoms with Gasteiger partial charge in [-0.1, -0.05) is 12.1 Å². The van der Waals surface area contributed by atoms with Crippen LogP contribution in [0.1, 0.15) is 37.4 Å². The highest BCUT2D eigenvalue weighted by atomic mass is 19.1. The van der Waals surface area contributed by atoms with Crippen LogP contribution in [0.25, 0.3) is 0 Å². The van der Waals surface area contributed by atoms with Gasteiger partial charge in [-0.3, -0.25) is 9.48 Å². The molecule has 0 spiro atoms. The lowest BCUT2D eigenvalue weighted by molar-refractivity contribution is -0.125. The Kier molecular flexibility index (Phi) is 4.71. The van der Waals surface area contributed by atoms with E-state index in [2.05, 4.69) is 10.4 Å². The number of carbonyl (C=O) groups is 1. The van der Waals surface area contributed by atoms with Crippen LogP contribution in [0.15, 0.2) is 42.7 Å². The molecule has 1 aromatic carbocycles. The van der Waals surface area contributed by atoms with Gasteiger partial charge in [0.1, 0.15) is 11.9 Å². The first-order valence-electron chi connectivity index (χ1n) is 7.82. The van der Waals surface area contributed by atoms with Gasteiger partial charge in [0.25, 0.3) is 0 Å². The minimum atomic E-state index is -0.422. The molecule has 1 saturated heterocycles. The van der Waals surface area contributed by atoms with Crippen LogP contribution in [-0.2, 0) is 9.53 Å². The van der Waals surface area contributed by atoms with Crippen LogP contribution >= 0.6 is 0 Å². The molecule has 1 fully saturated rings. The average molecular weight is 317 g/mol. The molecule has 0 aliphatic carbocycles. The highest BCUT2D eigenvalue weighted by Gasteiger charge is 2.30. The molecular weight excluding hydrogens is 297 g/mol. The van der Waals surface area contributed by atoms with E-state index in [1.807, 2.05) is 0 Å². The van der Waals surface area contributed by atoms with Crippen molar-refractivity contribution in [2.75, 3.05) is 6.61 Å². The molecular formula is C17H20FN3O2. The minimum absolute atomic E-state index is 0.0887. The number of hydrogen-bond acceptors (Lipinski definition) is 3. The number of rotatable bonds is 5. The predicted molar refractivity (Wildman–Crippen MR) is 83.2 cm³/mol. The summed E-state index contributed by atoms with van der Waals surface area (Å²) in [7, 11) is 0. The van der Waals surface area contributed by atoms with Gasteiger partial charge in [-0.25, -0.2) is 4.39 Å². The van der Waals surface area contributed by atoms with E-state index in [1.165, 1.54) is 12.1 Å². The summed E-state index contributed by atoms with van der Waals surface area (Å²) >= 11 is 0. The molecule has 6 heteroatoms. The fraction of sp³-hybridized carbons (Fsp3) is 0.412. The Labute approximate surface area is 134 Å². The molecule has 1 N–H and O–H groups in total. The molecule has 0 unspecified atom stereocenters. The van der Waals surface area contributed by atoms with E-state index in [0.29, 0.717) is 6.61 Å². The zero-order valence-electron chi connectivity index (χ0n) is 13.0. The van der Waals surface area contributed by atoms with Crippen LogP contribution in [0.3, 0.4) is 0 Å². The summed E-state index contributed by atoms with van der Waals surface area (Å²) < 4.78 is 20.5. The molecule has 1 aromatic heterocycles. The smallest absolute Gasteiger partial charge is 0.245 e. The van der Waals surface area contributed by atoms with E-state index >= 15 is 0 Å². The van der Waals surface area contributed by atoms with E-state index in [9.17, 15) is 9.18 Å². The number of hydrogen-bond donors (Lipinski definition) is 1. The van der Waals surface area contributed by atoms with Crippen molar-refractivity contribution < 1.29 is 13.9 Å². The largest absolute Gasteiger partial charge is 0.376 e. The van der Waals surface area contributed by atoms with Crippen molar-refractivity contribution in [3.63, 3.8) is 0 Å². The Morgan fingerprint density at radius 2 is 2.22 bits per heavy atom. The highest BCUT2D eigenvalue weighted by molar-refractivity contribution is 5.80. The lowest BCUT2D eigenvalue weighted by Crippen LogP contribution is -2.39. The van der Waals surface area contributed by atoms with Crippen LogP contribution in [0.4, 0.5) is 4.39 Å². The van der Waals surface area contributed by atoms with Gasteiger partial charge in [0, 0.05) is 19.0 Å². The first-order chi connectivity index (χ1) is 11.1. The molecule has 1 aliphatic heterocycles. The Morgan fingerprint density at radius 3 is 2.83 bits per heavy atom. The number of benzene rings is 1. The quantitative estimate of drug-likeness (QED) is 0.922. The first-order valence-corrected chi connectivity index (χ1v) is 7.82. The van der Waals surface area contributed by atoms with Crippen LogP contribution in [0.2, 0.25) is 0 Å². The molecule has 1 amide bonds. The molecule has 23 heavy (non-hydrogen) atoms. The zero-order chi connectivity index (χ0) is 16.2. The summed E-state index contributed by atoms with van der Waals surface area (Å²) in [6.07, 6.45) is 5.14. The molecule has 0 bridgehead atoms. The first kappa shape index (κ1) is 15.7. The highest BCUT2D eigenvalue weighted by Crippen LogP contribution is 2.27. The molecule has 0 radical (unpaired) electrons. The Hall–Kier alpha value is -2.21. The zero-order valence-corrected chi connectivity index (χ0v) is 13.0. The third-order valence-electron chi connectivity index (χ3n) is 4.16. The van der Waals surface area contributed by atoms with Crippen molar-refractivity contribution in [1.29, 1.82) is 0 Å². The van der Waals surface area contributed by atoms with E-state index in [1.54, 1.807) is 42.2 Å². The maximum Gasteiger partial charge on any atom is 0.245 e. The minimum Gasteiger partial charge on any atom is -0.376 e. The summed E-state index contributed by atoms with van der Waals surface area (Å²) in [5, 5.41) is 7.14. The summed E-state index contributed by atoms with van der Waals surface area (Å²) in [4.78, 5) is 12.5. The van der Waals surface area contributed by atoms with Crippen molar-refractivity contribution in [3.05, 3.63) is 54.1 Å². The Bertz CT molecular complexity index is 636. The molecule has 5 nitrogen and oxygen atoms in total.